The minimum absolute atomic E-state index is 0.0566. The number of aliphatic carboxylic acids is 2. The van der Waals surface area contributed by atoms with Gasteiger partial charge in [0.1, 0.15) is 13.2 Å². The highest BCUT2D eigenvalue weighted by atomic mass is 16.6. The van der Waals surface area contributed by atoms with Crippen LogP contribution in [0.1, 0.15) is 25.7 Å². The Morgan fingerprint density at radius 3 is 1.25 bits per heavy atom. The maximum absolute atomic E-state index is 11.4. The van der Waals surface area contributed by atoms with E-state index in [4.69, 9.17) is 43.4 Å². The summed E-state index contributed by atoms with van der Waals surface area (Å²) in [6, 6.07) is 0. The molecule has 0 aromatic heterocycles. The van der Waals surface area contributed by atoms with Gasteiger partial charge in [-0.25, -0.2) is 4.79 Å². The van der Waals surface area contributed by atoms with Gasteiger partial charge in [0.25, 0.3) is 0 Å². The lowest BCUT2D eigenvalue weighted by Crippen LogP contribution is -2.15. The van der Waals surface area contributed by atoms with E-state index in [1.54, 1.807) is 0 Å². The van der Waals surface area contributed by atoms with Crippen LogP contribution in [0.5, 0.6) is 0 Å². The zero-order valence-corrected chi connectivity index (χ0v) is 18.5. The molecule has 0 aliphatic heterocycles. The zero-order valence-electron chi connectivity index (χ0n) is 18.5. The van der Waals surface area contributed by atoms with Gasteiger partial charge in [0.15, 0.2) is 0 Å². The quantitative estimate of drug-likeness (QED) is 0.140. The number of carbonyl (C=O) groups is 3. The van der Waals surface area contributed by atoms with Crippen molar-refractivity contribution in [1.82, 2.24) is 0 Å². The average molecular weight is 468 g/mol. The van der Waals surface area contributed by atoms with Crippen LogP contribution < -0.4 is 0 Å². The number of carboxylic acid groups (broad SMARTS) is 2. The van der Waals surface area contributed by atoms with E-state index in [2.05, 4.69) is 0 Å². The maximum atomic E-state index is 11.4. The van der Waals surface area contributed by atoms with Crippen molar-refractivity contribution in [2.24, 2.45) is 0 Å². The number of ether oxygens (including phenoxy) is 7. The van der Waals surface area contributed by atoms with Crippen molar-refractivity contribution in [2.45, 2.75) is 25.7 Å². The SMILES string of the molecule is O=C(O)CCCCC(=O)OCCOCCOCCOCCOCCOCCOCC(=O)O. The second-order valence-corrected chi connectivity index (χ2v) is 6.33. The molecular weight excluding hydrogens is 432 g/mol. The van der Waals surface area contributed by atoms with Crippen molar-refractivity contribution in [3.63, 3.8) is 0 Å². The smallest absolute Gasteiger partial charge is 0.329 e. The van der Waals surface area contributed by atoms with Gasteiger partial charge >= 0.3 is 17.9 Å². The van der Waals surface area contributed by atoms with Gasteiger partial charge in [-0.2, -0.15) is 0 Å². The third kappa shape index (κ3) is 26.2. The molecule has 188 valence electrons. The van der Waals surface area contributed by atoms with Crippen LogP contribution in [-0.4, -0.2) is 114 Å². The van der Waals surface area contributed by atoms with Gasteiger partial charge in [-0.15, -0.1) is 0 Å². The maximum Gasteiger partial charge on any atom is 0.329 e. The molecule has 12 nitrogen and oxygen atoms in total. The summed E-state index contributed by atoms with van der Waals surface area (Å²) < 4.78 is 36.3. The number of rotatable bonds is 25. The molecule has 0 aliphatic carbocycles. The lowest BCUT2D eigenvalue weighted by molar-refractivity contribution is -0.146. The summed E-state index contributed by atoms with van der Waals surface area (Å²) in [7, 11) is 0. The molecule has 32 heavy (non-hydrogen) atoms. The van der Waals surface area contributed by atoms with Crippen LogP contribution in [0.3, 0.4) is 0 Å². The Bertz CT molecular complexity index is 471. The summed E-state index contributed by atoms with van der Waals surface area (Å²) in [5.41, 5.74) is 0. The van der Waals surface area contributed by atoms with E-state index < -0.39 is 11.9 Å². The van der Waals surface area contributed by atoms with Crippen LogP contribution in [0.4, 0.5) is 0 Å². The Morgan fingerprint density at radius 2 is 0.844 bits per heavy atom. The van der Waals surface area contributed by atoms with Crippen molar-refractivity contribution in [3.8, 4) is 0 Å². The van der Waals surface area contributed by atoms with Crippen LogP contribution >= 0.6 is 0 Å². The van der Waals surface area contributed by atoms with Crippen LogP contribution in [0.25, 0.3) is 0 Å². The molecule has 0 fully saturated rings. The van der Waals surface area contributed by atoms with Gasteiger partial charge in [0.2, 0.25) is 0 Å². The van der Waals surface area contributed by atoms with E-state index in [1.165, 1.54) is 0 Å². The molecule has 12 heteroatoms. The van der Waals surface area contributed by atoms with Crippen molar-refractivity contribution < 1.29 is 57.8 Å². The van der Waals surface area contributed by atoms with E-state index in [1.807, 2.05) is 0 Å². The van der Waals surface area contributed by atoms with Crippen LogP contribution in [0, 0.1) is 0 Å². The number of hydrogen-bond donors (Lipinski definition) is 2. The summed E-state index contributed by atoms with van der Waals surface area (Å²) in [5.74, 6) is -2.23. The van der Waals surface area contributed by atoms with Crippen molar-refractivity contribution in [1.29, 1.82) is 0 Å². The van der Waals surface area contributed by atoms with E-state index in [0.29, 0.717) is 72.3 Å². The lowest BCUT2D eigenvalue weighted by atomic mass is 10.2. The summed E-state index contributed by atoms with van der Waals surface area (Å²) >= 11 is 0. The highest BCUT2D eigenvalue weighted by Gasteiger charge is 2.04. The summed E-state index contributed by atoms with van der Waals surface area (Å²) in [5, 5.41) is 16.9. The van der Waals surface area contributed by atoms with Gasteiger partial charge in [0, 0.05) is 12.8 Å². The van der Waals surface area contributed by atoms with Gasteiger partial charge in [-0.3, -0.25) is 9.59 Å². The molecule has 0 rings (SSSR count). The first-order valence-corrected chi connectivity index (χ1v) is 10.6. The Morgan fingerprint density at radius 1 is 0.469 bits per heavy atom. The largest absolute Gasteiger partial charge is 0.481 e. The highest BCUT2D eigenvalue weighted by Crippen LogP contribution is 2.01. The first-order valence-electron chi connectivity index (χ1n) is 10.6. The van der Waals surface area contributed by atoms with Gasteiger partial charge in [0.05, 0.1) is 72.7 Å². The molecule has 0 aliphatic rings. The van der Waals surface area contributed by atoms with Gasteiger partial charge in [-0.1, -0.05) is 0 Å². The van der Waals surface area contributed by atoms with E-state index in [9.17, 15) is 14.4 Å². The number of carbonyl (C=O) groups excluding carboxylic acids is 1. The Kier molecular flexibility index (Phi) is 22.5. The molecule has 0 radical (unpaired) electrons. The molecule has 0 aromatic rings. The third-order valence-electron chi connectivity index (χ3n) is 3.60. The molecule has 2 N–H and O–H groups in total. The van der Waals surface area contributed by atoms with Crippen molar-refractivity contribution >= 4 is 17.9 Å². The van der Waals surface area contributed by atoms with E-state index in [0.717, 1.165) is 0 Å². The first kappa shape index (κ1) is 30.2. The van der Waals surface area contributed by atoms with Crippen molar-refractivity contribution in [2.75, 3.05) is 85.9 Å². The monoisotopic (exact) mass is 468 g/mol. The number of carboxylic acids is 2. The predicted molar refractivity (Wildman–Crippen MR) is 110 cm³/mol. The standard InChI is InChI=1S/C20H36O12/c21-18(22)3-1-2-4-20(25)32-16-15-30-12-11-28-8-7-26-5-6-27-9-10-29-13-14-31-17-19(23)24/h1-17H2,(H,21,22)(H,23,24). The minimum Gasteiger partial charge on any atom is -0.481 e. The Labute approximate surface area is 188 Å². The second-order valence-electron chi connectivity index (χ2n) is 6.33. The van der Waals surface area contributed by atoms with E-state index >= 15 is 0 Å². The van der Waals surface area contributed by atoms with Crippen molar-refractivity contribution in [3.05, 3.63) is 0 Å². The molecule has 0 amide bonds. The fourth-order valence-corrected chi connectivity index (χ4v) is 2.09. The molecule has 0 heterocycles. The Balaban J connectivity index is 3.12. The minimum atomic E-state index is -1.01. The topological polar surface area (TPSA) is 156 Å². The second kappa shape index (κ2) is 23.8. The van der Waals surface area contributed by atoms with Crippen LogP contribution in [-0.2, 0) is 47.5 Å². The average Bonchev–Trinajstić information content (AvgIpc) is 2.75. The molecule has 0 spiro atoms. The van der Waals surface area contributed by atoms with Gasteiger partial charge in [-0.05, 0) is 12.8 Å². The number of unbranched alkanes of at least 4 members (excludes halogenated alkanes) is 1. The molecule has 0 saturated heterocycles. The zero-order chi connectivity index (χ0) is 23.7. The molecule has 0 aromatic carbocycles. The fraction of sp³-hybridized carbons (Fsp3) is 0.850. The normalized spacial score (nSPS) is 10.9. The summed E-state index contributed by atoms with van der Waals surface area (Å²) in [6.07, 6.45) is 1.22. The molecule has 0 atom stereocenters. The molecule has 0 bridgehead atoms. The lowest BCUT2D eigenvalue weighted by Gasteiger charge is -2.08. The van der Waals surface area contributed by atoms with E-state index in [-0.39, 0.29) is 45.2 Å². The predicted octanol–water partition coefficient (Wildman–Crippen LogP) is 0.359. The summed E-state index contributed by atoms with van der Waals surface area (Å²) in [6.45, 7) is 3.95. The molecular formula is C20H36O12. The summed E-state index contributed by atoms with van der Waals surface area (Å²) in [4.78, 5) is 31.9. The number of hydrogen-bond acceptors (Lipinski definition) is 10. The van der Waals surface area contributed by atoms with Crippen LogP contribution in [0.15, 0.2) is 0 Å². The number of esters is 1. The molecule has 0 saturated carbocycles. The molecule has 0 unspecified atom stereocenters. The van der Waals surface area contributed by atoms with Gasteiger partial charge < -0.3 is 43.4 Å². The highest BCUT2D eigenvalue weighted by molar-refractivity contribution is 5.69. The van der Waals surface area contributed by atoms with Crippen LogP contribution in [0.2, 0.25) is 0 Å². The first-order chi connectivity index (χ1) is 15.5. The third-order valence-corrected chi connectivity index (χ3v) is 3.60. The fourth-order valence-electron chi connectivity index (χ4n) is 2.09. The Hall–Kier alpha value is -1.83.